The summed E-state index contributed by atoms with van der Waals surface area (Å²) in [6.07, 6.45) is 0.829. The number of rotatable bonds is 2. The number of hydrogen-bond acceptors (Lipinski definition) is 2. The van der Waals surface area contributed by atoms with Gasteiger partial charge in [0.25, 0.3) is 5.91 Å². The number of methoxy groups -OCH3 is 1. The Labute approximate surface area is 119 Å². The predicted octanol–water partition coefficient (Wildman–Crippen LogP) is 3.17. The van der Waals surface area contributed by atoms with Crippen LogP contribution in [0.3, 0.4) is 0 Å². The van der Waals surface area contributed by atoms with Crippen molar-refractivity contribution in [3.8, 4) is 5.75 Å². The second-order valence-corrected chi connectivity index (χ2v) is 6.20. The molecule has 1 aromatic rings. The van der Waals surface area contributed by atoms with Gasteiger partial charge < -0.3 is 9.64 Å². The summed E-state index contributed by atoms with van der Waals surface area (Å²) in [6.45, 7) is 5.59. The predicted molar refractivity (Wildman–Crippen MR) is 76.9 cm³/mol. The normalized spacial score (nSPS) is 22.1. The Kier molecular flexibility index (Phi) is 4.04. The SMILES string of the molecule is COc1ccccc1C(=O)N1CCC(Cl)C(C)(C)C1. The van der Waals surface area contributed by atoms with Crippen molar-refractivity contribution < 1.29 is 9.53 Å². The van der Waals surface area contributed by atoms with Gasteiger partial charge in [-0.15, -0.1) is 11.6 Å². The molecule has 3 nitrogen and oxygen atoms in total. The van der Waals surface area contributed by atoms with Crippen molar-refractivity contribution in [3.05, 3.63) is 29.8 Å². The van der Waals surface area contributed by atoms with E-state index >= 15 is 0 Å². The summed E-state index contributed by atoms with van der Waals surface area (Å²) in [4.78, 5) is 14.4. The molecule has 1 heterocycles. The van der Waals surface area contributed by atoms with Crippen LogP contribution < -0.4 is 4.74 Å². The largest absolute Gasteiger partial charge is 0.496 e. The van der Waals surface area contributed by atoms with Crippen LogP contribution in [0.25, 0.3) is 0 Å². The lowest BCUT2D eigenvalue weighted by Gasteiger charge is -2.41. The summed E-state index contributed by atoms with van der Waals surface area (Å²) in [6, 6.07) is 7.34. The number of halogens is 1. The molecule has 4 heteroatoms. The van der Waals surface area contributed by atoms with Crippen molar-refractivity contribution >= 4 is 17.5 Å². The third kappa shape index (κ3) is 2.86. The van der Waals surface area contributed by atoms with E-state index in [2.05, 4.69) is 13.8 Å². The van der Waals surface area contributed by atoms with Crippen LogP contribution in [0.4, 0.5) is 0 Å². The standard InChI is InChI=1S/C15H20ClNO2/c1-15(2)10-17(9-8-13(15)16)14(18)11-6-4-5-7-12(11)19-3/h4-7,13H,8-10H2,1-3H3. The Balaban J connectivity index is 2.21. The number of ether oxygens (including phenoxy) is 1. The highest BCUT2D eigenvalue weighted by atomic mass is 35.5. The Morgan fingerprint density at radius 2 is 2.11 bits per heavy atom. The molecule has 1 aliphatic rings. The first-order valence-electron chi connectivity index (χ1n) is 6.52. The number of likely N-dealkylation sites (tertiary alicyclic amines) is 1. The molecular formula is C15H20ClNO2. The molecule has 1 aromatic carbocycles. The maximum Gasteiger partial charge on any atom is 0.257 e. The van der Waals surface area contributed by atoms with Gasteiger partial charge in [-0.2, -0.15) is 0 Å². The third-order valence-electron chi connectivity index (χ3n) is 3.72. The van der Waals surface area contributed by atoms with Crippen molar-refractivity contribution in [2.75, 3.05) is 20.2 Å². The van der Waals surface area contributed by atoms with E-state index in [9.17, 15) is 4.79 Å². The van der Waals surface area contributed by atoms with E-state index in [-0.39, 0.29) is 16.7 Å². The third-order valence-corrected chi connectivity index (χ3v) is 4.53. The van der Waals surface area contributed by atoms with Crippen molar-refractivity contribution in [1.29, 1.82) is 0 Å². The smallest absolute Gasteiger partial charge is 0.257 e. The van der Waals surface area contributed by atoms with Gasteiger partial charge in [0.15, 0.2) is 0 Å². The zero-order valence-corrected chi connectivity index (χ0v) is 12.4. The molecule has 0 spiro atoms. The molecule has 19 heavy (non-hydrogen) atoms. The molecule has 1 atom stereocenters. The molecule has 1 unspecified atom stereocenters. The van der Waals surface area contributed by atoms with Crippen molar-refractivity contribution in [2.45, 2.75) is 25.6 Å². The molecule has 0 saturated carbocycles. The van der Waals surface area contributed by atoms with Crippen LogP contribution >= 0.6 is 11.6 Å². The minimum absolute atomic E-state index is 0.0223. The summed E-state index contributed by atoms with van der Waals surface area (Å²) >= 11 is 6.32. The highest BCUT2D eigenvalue weighted by Crippen LogP contribution is 2.34. The second-order valence-electron chi connectivity index (χ2n) is 5.67. The molecule has 0 bridgehead atoms. The van der Waals surface area contributed by atoms with Gasteiger partial charge in [0, 0.05) is 18.5 Å². The molecule has 0 N–H and O–H groups in total. The molecule has 1 aliphatic heterocycles. The van der Waals surface area contributed by atoms with Gasteiger partial charge in [0.1, 0.15) is 5.75 Å². The lowest BCUT2D eigenvalue weighted by molar-refractivity contribution is 0.0590. The average Bonchev–Trinajstić information content (AvgIpc) is 2.41. The molecule has 0 aliphatic carbocycles. The summed E-state index contributed by atoms with van der Waals surface area (Å²) in [5.41, 5.74) is 0.561. The molecular weight excluding hydrogens is 262 g/mol. The van der Waals surface area contributed by atoms with Gasteiger partial charge in [-0.05, 0) is 24.0 Å². The van der Waals surface area contributed by atoms with Crippen molar-refractivity contribution in [2.24, 2.45) is 5.41 Å². The first-order valence-corrected chi connectivity index (χ1v) is 6.96. The number of amides is 1. The molecule has 0 aromatic heterocycles. The number of benzene rings is 1. The first kappa shape index (κ1) is 14.2. The molecule has 1 saturated heterocycles. The molecule has 1 amide bonds. The Morgan fingerprint density at radius 3 is 2.74 bits per heavy atom. The van der Waals surface area contributed by atoms with Crippen molar-refractivity contribution in [3.63, 3.8) is 0 Å². The highest BCUT2D eigenvalue weighted by Gasteiger charge is 2.37. The number of alkyl halides is 1. The fourth-order valence-electron chi connectivity index (χ4n) is 2.49. The summed E-state index contributed by atoms with van der Waals surface area (Å²) in [5, 5.41) is 0.120. The number of nitrogens with zero attached hydrogens (tertiary/aromatic N) is 1. The number of hydrogen-bond donors (Lipinski definition) is 0. The van der Waals surface area contributed by atoms with E-state index in [0.717, 1.165) is 6.42 Å². The van der Waals surface area contributed by atoms with Gasteiger partial charge in [-0.1, -0.05) is 26.0 Å². The molecule has 2 rings (SSSR count). The Bertz CT molecular complexity index is 473. The van der Waals surface area contributed by atoms with Gasteiger partial charge in [-0.25, -0.2) is 0 Å². The lowest BCUT2D eigenvalue weighted by atomic mass is 9.83. The number of carbonyl (C=O) groups is 1. The van der Waals surface area contributed by atoms with E-state index in [1.54, 1.807) is 13.2 Å². The molecule has 104 valence electrons. The minimum Gasteiger partial charge on any atom is -0.496 e. The monoisotopic (exact) mass is 281 g/mol. The van der Waals surface area contributed by atoms with Gasteiger partial charge >= 0.3 is 0 Å². The zero-order chi connectivity index (χ0) is 14.0. The van der Waals surface area contributed by atoms with E-state index in [1.807, 2.05) is 23.1 Å². The van der Waals surface area contributed by atoms with Gasteiger partial charge in [-0.3, -0.25) is 4.79 Å². The van der Waals surface area contributed by atoms with Gasteiger partial charge in [0.2, 0.25) is 0 Å². The number of para-hydroxylation sites is 1. The van der Waals surface area contributed by atoms with Crippen LogP contribution in [0.5, 0.6) is 5.75 Å². The van der Waals surface area contributed by atoms with Crippen LogP contribution in [0, 0.1) is 5.41 Å². The Hall–Kier alpha value is -1.22. The summed E-state index contributed by atoms with van der Waals surface area (Å²) in [7, 11) is 1.58. The summed E-state index contributed by atoms with van der Waals surface area (Å²) in [5.74, 6) is 0.646. The number of piperidine rings is 1. The average molecular weight is 282 g/mol. The minimum atomic E-state index is -0.0581. The van der Waals surface area contributed by atoms with Crippen LogP contribution in [0.15, 0.2) is 24.3 Å². The van der Waals surface area contributed by atoms with Crippen molar-refractivity contribution in [1.82, 2.24) is 4.90 Å². The lowest BCUT2D eigenvalue weighted by Crippen LogP contribution is -2.48. The fraction of sp³-hybridized carbons (Fsp3) is 0.533. The van der Waals surface area contributed by atoms with E-state index < -0.39 is 0 Å². The fourth-order valence-corrected chi connectivity index (χ4v) is 2.66. The first-order chi connectivity index (χ1) is 8.95. The topological polar surface area (TPSA) is 29.5 Å². The van der Waals surface area contributed by atoms with Gasteiger partial charge in [0.05, 0.1) is 12.7 Å². The van der Waals surface area contributed by atoms with Crippen LogP contribution in [0.1, 0.15) is 30.6 Å². The maximum atomic E-state index is 12.6. The highest BCUT2D eigenvalue weighted by molar-refractivity contribution is 6.21. The molecule has 0 radical (unpaired) electrons. The van der Waals surface area contributed by atoms with E-state index in [0.29, 0.717) is 24.4 Å². The van der Waals surface area contributed by atoms with E-state index in [4.69, 9.17) is 16.3 Å². The van der Waals surface area contributed by atoms with Crippen LogP contribution in [-0.4, -0.2) is 36.4 Å². The quantitative estimate of drug-likeness (QED) is 0.779. The van der Waals surface area contributed by atoms with Crippen LogP contribution in [0.2, 0.25) is 0 Å². The zero-order valence-electron chi connectivity index (χ0n) is 11.6. The van der Waals surface area contributed by atoms with Crippen LogP contribution in [-0.2, 0) is 0 Å². The van der Waals surface area contributed by atoms with E-state index in [1.165, 1.54) is 0 Å². The maximum absolute atomic E-state index is 12.6. The summed E-state index contributed by atoms with van der Waals surface area (Å²) < 4.78 is 5.26. The molecule has 1 fully saturated rings. The second kappa shape index (κ2) is 5.41. The number of carbonyl (C=O) groups excluding carboxylic acids is 1. The Morgan fingerprint density at radius 1 is 1.42 bits per heavy atom.